The van der Waals surface area contributed by atoms with Gasteiger partial charge in [-0.15, -0.1) is 0 Å². The summed E-state index contributed by atoms with van der Waals surface area (Å²) in [4.78, 5) is 0. The molecule has 0 radical (unpaired) electrons. The molecule has 0 saturated heterocycles. The van der Waals surface area contributed by atoms with Gasteiger partial charge in [-0.3, -0.25) is 0 Å². The Balaban J connectivity index is 2.77. The summed E-state index contributed by atoms with van der Waals surface area (Å²) in [6.45, 7) is 2.90. The molecule has 0 bridgehead atoms. The lowest BCUT2D eigenvalue weighted by molar-refractivity contribution is 0.200. The molecule has 1 unspecified atom stereocenters. The summed E-state index contributed by atoms with van der Waals surface area (Å²) in [6, 6.07) is 0.326. The third-order valence-corrected chi connectivity index (χ3v) is 2.36. The molecule has 62 valence electrons. The monoisotopic (exact) mass is 163 g/mol. The van der Waals surface area contributed by atoms with Crippen molar-refractivity contribution in [2.75, 3.05) is 25.2 Å². The van der Waals surface area contributed by atoms with Crippen molar-refractivity contribution in [2.24, 2.45) is 5.73 Å². The summed E-state index contributed by atoms with van der Waals surface area (Å²) >= 11 is 1.90. The van der Waals surface area contributed by atoms with Gasteiger partial charge < -0.3 is 10.5 Å². The Bertz CT molecular complexity index is 68.6. The molecular weight excluding hydrogens is 146 g/mol. The number of hydrogen-bond donors (Lipinski definition) is 1. The standard InChI is InChI=1S/C7H17NOS/c1-7(8)6-10-5-3-4-9-2/h7H,3-6,8H2,1-2H3. The van der Waals surface area contributed by atoms with Gasteiger partial charge in [-0.05, 0) is 19.1 Å². The molecule has 2 nitrogen and oxygen atoms in total. The first kappa shape index (κ1) is 10.3. The van der Waals surface area contributed by atoms with E-state index in [0.29, 0.717) is 6.04 Å². The van der Waals surface area contributed by atoms with E-state index in [0.717, 1.165) is 24.5 Å². The molecule has 0 aliphatic rings. The van der Waals surface area contributed by atoms with Crippen LogP contribution in [0.15, 0.2) is 0 Å². The first-order valence-corrected chi connectivity index (χ1v) is 4.75. The molecule has 2 N–H and O–H groups in total. The van der Waals surface area contributed by atoms with Crippen LogP contribution >= 0.6 is 11.8 Å². The normalized spacial score (nSPS) is 13.5. The van der Waals surface area contributed by atoms with Gasteiger partial charge in [-0.1, -0.05) is 0 Å². The third-order valence-electron chi connectivity index (χ3n) is 1.02. The SMILES string of the molecule is COCCCSCC(C)N. The summed E-state index contributed by atoms with van der Waals surface area (Å²) in [6.07, 6.45) is 1.13. The van der Waals surface area contributed by atoms with Gasteiger partial charge in [0.05, 0.1) is 0 Å². The summed E-state index contributed by atoms with van der Waals surface area (Å²) in [5.74, 6) is 2.22. The summed E-state index contributed by atoms with van der Waals surface area (Å²) in [5.41, 5.74) is 5.56. The van der Waals surface area contributed by atoms with Crippen LogP contribution in [0, 0.1) is 0 Å². The van der Waals surface area contributed by atoms with Gasteiger partial charge >= 0.3 is 0 Å². The van der Waals surface area contributed by atoms with E-state index >= 15 is 0 Å². The van der Waals surface area contributed by atoms with Crippen LogP contribution in [-0.4, -0.2) is 31.3 Å². The lowest BCUT2D eigenvalue weighted by atomic mass is 10.4. The maximum Gasteiger partial charge on any atom is 0.0470 e. The van der Waals surface area contributed by atoms with Crippen LogP contribution in [0.3, 0.4) is 0 Å². The van der Waals surface area contributed by atoms with Crippen LogP contribution in [0.1, 0.15) is 13.3 Å². The van der Waals surface area contributed by atoms with Gasteiger partial charge in [-0.2, -0.15) is 11.8 Å². The lowest BCUT2D eigenvalue weighted by Gasteiger charge is -2.03. The number of methoxy groups -OCH3 is 1. The Morgan fingerprint density at radius 2 is 2.30 bits per heavy atom. The minimum absolute atomic E-state index is 0.326. The molecule has 0 aromatic heterocycles. The van der Waals surface area contributed by atoms with Crippen LogP contribution in [0.2, 0.25) is 0 Å². The zero-order valence-corrected chi connectivity index (χ0v) is 7.62. The Morgan fingerprint density at radius 3 is 2.80 bits per heavy atom. The van der Waals surface area contributed by atoms with Gasteiger partial charge in [0.15, 0.2) is 0 Å². The van der Waals surface area contributed by atoms with E-state index < -0.39 is 0 Å². The Labute approximate surface area is 67.5 Å². The topological polar surface area (TPSA) is 35.2 Å². The van der Waals surface area contributed by atoms with Crippen molar-refractivity contribution < 1.29 is 4.74 Å². The fraction of sp³-hybridized carbons (Fsp3) is 1.00. The molecule has 0 rings (SSSR count). The molecule has 0 amide bonds. The fourth-order valence-electron chi connectivity index (χ4n) is 0.575. The first-order valence-electron chi connectivity index (χ1n) is 3.59. The summed E-state index contributed by atoms with van der Waals surface area (Å²) in [7, 11) is 1.73. The summed E-state index contributed by atoms with van der Waals surface area (Å²) < 4.78 is 4.90. The molecule has 0 saturated carbocycles. The number of rotatable bonds is 6. The predicted octanol–water partition coefficient (Wildman–Crippen LogP) is 1.10. The maximum absolute atomic E-state index is 5.56. The molecule has 0 aromatic rings. The molecule has 1 atom stereocenters. The smallest absolute Gasteiger partial charge is 0.0470 e. The molecule has 0 aromatic carbocycles. The zero-order valence-electron chi connectivity index (χ0n) is 6.80. The quantitative estimate of drug-likeness (QED) is 0.596. The average Bonchev–Trinajstić information content (AvgIpc) is 1.87. The Kier molecular flexibility index (Phi) is 7.58. The highest BCUT2D eigenvalue weighted by atomic mass is 32.2. The highest BCUT2D eigenvalue weighted by Gasteiger charge is 1.93. The number of nitrogens with two attached hydrogens (primary N) is 1. The number of hydrogen-bond acceptors (Lipinski definition) is 3. The van der Waals surface area contributed by atoms with Crippen LogP contribution in [0.5, 0.6) is 0 Å². The molecule has 0 heterocycles. The van der Waals surface area contributed by atoms with Crippen molar-refractivity contribution >= 4 is 11.8 Å². The van der Waals surface area contributed by atoms with Gasteiger partial charge in [0.25, 0.3) is 0 Å². The van der Waals surface area contributed by atoms with E-state index in [1.54, 1.807) is 7.11 Å². The Hall–Kier alpha value is 0.270. The third kappa shape index (κ3) is 8.27. The lowest BCUT2D eigenvalue weighted by Crippen LogP contribution is -2.17. The van der Waals surface area contributed by atoms with Gasteiger partial charge in [0.1, 0.15) is 0 Å². The van der Waals surface area contributed by atoms with Crippen LogP contribution in [-0.2, 0) is 4.74 Å². The maximum atomic E-state index is 5.56. The summed E-state index contributed by atoms with van der Waals surface area (Å²) in [5, 5.41) is 0. The van der Waals surface area contributed by atoms with Crippen molar-refractivity contribution in [2.45, 2.75) is 19.4 Å². The predicted molar refractivity (Wildman–Crippen MR) is 47.5 cm³/mol. The zero-order chi connectivity index (χ0) is 7.82. The van der Waals surface area contributed by atoms with E-state index in [1.807, 2.05) is 18.7 Å². The van der Waals surface area contributed by atoms with Crippen molar-refractivity contribution in [3.8, 4) is 0 Å². The van der Waals surface area contributed by atoms with Gasteiger partial charge in [0.2, 0.25) is 0 Å². The molecule has 0 fully saturated rings. The second-order valence-corrected chi connectivity index (χ2v) is 3.55. The minimum Gasteiger partial charge on any atom is -0.385 e. The fourth-order valence-corrected chi connectivity index (χ4v) is 1.43. The minimum atomic E-state index is 0.326. The van der Waals surface area contributed by atoms with E-state index in [2.05, 4.69) is 0 Å². The molecule has 3 heteroatoms. The van der Waals surface area contributed by atoms with Crippen LogP contribution in [0.25, 0.3) is 0 Å². The van der Waals surface area contributed by atoms with Gasteiger partial charge in [0, 0.05) is 25.5 Å². The highest BCUT2D eigenvalue weighted by Crippen LogP contribution is 2.02. The van der Waals surface area contributed by atoms with Crippen molar-refractivity contribution in [3.05, 3.63) is 0 Å². The van der Waals surface area contributed by atoms with Crippen molar-refractivity contribution in [1.29, 1.82) is 0 Å². The number of thioether (sulfide) groups is 1. The highest BCUT2D eigenvalue weighted by molar-refractivity contribution is 7.99. The van der Waals surface area contributed by atoms with Gasteiger partial charge in [-0.25, -0.2) is 0 Å². The van der Waals surface area contributed by atoms with Crippen LogP contribution in [0.4, 0.5) is 0 Å². The average molecular weight is 163 g/mol. The second kappa shape index (κ2) is 7.38. The number of ether oxygens (including phenoxy) is 1. The molecule has 0 aliphatic heterocycles. The Morgan fingerprint density at radius 1 is 1.60 bits per heavy atom. The molecule has 0 aliphatic carbocycles. The van der Waals surface area contributed by atoms with Crippen LogP contribution < -0.4 is 5.73 Å². The largest absolute Gasteiger partial charge is 0.385 e. The molecule has 0 spiro atoms. The molecular formula is C7H17NOS. The van der Waals surface area contributed by atoms with E-state index in [9.17, 15) is 0 Å². The van der Waals surface area contributed by atoms with E-state index in [-0.39, 0.29) is 0 Å². The van der Waals surface area contributed by atoms with E-state index in [1.165, 1.54) is 0 Å². The first-order chi connectivity index (χ1) is 4.77. The van der Waals surface area contributed by atoms with Crippen molar-refractivity contribution in [3.63, 3.8) is 0 Å². The molecule has 10 heavy (non-hydrogen) atoms. The second-order valence-electron chi connectivity index (χ2n) is 2.40. The van der Waals surface area contributed by atoms with E-state index in [4.69, 9.17) is 10.5 Å². The van der Waals surface area contributed by atoms with Crippen molar-refractivity contribution in [1.82, 2.24) is 0 Å².